The lowest BCUT2D eigenvalue weighted by Crippen LogP contribution is -1.98. The van der Waals surface area contributed by atoms with Crippen LogP contribution in [0.2, 0.25) is 0 Å². The van der Waals surface area contributed by atoms with Crippen LogP contribution in [0.25, 0.3) is 0 Å². The zero-order valence-corrected chi connectivity index (χ0v) is 10.6. The van der Waals surface area contributed by atoms with E-state index in [9.17, 15) is 15.2 Å². The average molecular weight is 257 g/mol. The normalized spacial score (nSPS) is 12.4. The smallest absolute Gasteiger partial charge is 0.283 e. The van der Waals surface area contributed by atoms with Crippen LogP contribution in [-0.4, -0.2) is 29.5 Å². The molecule has 0 unspecified atom stereocenters. The van der Waals surface area contributed by atoms with E-state index in [1.54, 1.807) is 26.2 Å². The van der Waals surface area contributed by atoms with Crippen LogP contribution >= 0.6 is 11.8 Å². The molecule has 0 spiro atoms. The summed E-state index contributed by atoms with van der Waals surface area (Å²) in [7, 11) is 1.59. The second-order valence-electron chi connectivity index (χ2n) is 3.50. The second-order valence-corrected chi connectivity index (χ2v) is 4.64. The SMILES string of the molecule is COCCSc1ccc([C@@H](C)O)cc1[N+](=O)[O-]. The lowest BCUT2D eigenvalue weighted by molar-refractivity contribution is -0.387. The third-order valence-electron chi connectivity index (χ3n) is 2.21. The zero-order chi connectivity index (χ0) is 12.8. The van der Waals surface area contributed by atoms with Gasteiger partial charge in [0.2, 0.25) is 0 Å². The van der Waals surface area contributed by atoms with Gasteiger partial charge in [0.05, 0.1) is 22.5 Å². The molecule has 1 atom stereocenters. The van der Waals surface area contributed by atoms with Gasteiger partial charge in [-0.3, -0.25) is 10.1 Å². The van der Waals surface area contributed by atoms with Crippen LogP contribution in [0.5, 0.6) is 0 Å². The van der Waals surface area contributed by atoms with Crippen LogP contribution in [0, 0.1) is 10.1 Å². The number of ether oxygens (including phenoxy) is 1. The summed E-state index contributed by atoms with van der Waals surface area (Å²) in [4.78, 5) is 11.1. The van der Waals surface area contributed by atoms with Crippen molar-refractivity contribution in [2.24, 2.45) is 0 Å². The minimum absolute atomic E-state index is 0.0319. The minimum Gasteiger partial charge on any atom is -0.389 e. The highest BCUT2D eigenvalue weighted by Gasteiger charge is 2.16. The van der Waals surface area contributed by atoms with Crippen molar-refractivity contribution in [1.29, 1.82) is 0 Å². The number of benzene rings is 1. The van der Waals surface area contributed by atoms with Gasteiger partial charge in [0, 0.05) is 18.9 Å². The van der Waals surface area contributed by atoms with Gasteiger partial charge in [-0.25, -0.2) is 0 Å². The van der Waals surface area contributed by atoms with Crippen molar-refractivity contribution in [3.05, 3.63) is 33.9 Å². The summed E-state index contributed by atoms with van der Waals surface area (Å²) >= 11 is 1.37. The van der Waals surface area contributed by atoms with Gasteiger partial charge in [-0.2, -0.15) is 0 Å². The summed E-state index contributed by atoms with van der Waals surface area (Å²) in [5.41, 5.74) is 0.581. The summed E-state index contributed by atoms with van der Waals surface area (Å²) in [6, 6.07) is 4.78. The topological polar surface area (TPSA) is 72.6 Å². The summed E-state index contributed by atoms with van der Waals surface area (Å²) in [6.45, 7) is 2.12. The number of thioether (sulfide) groups is 1. The Hall–Kier alpha value is -1.11. The van der Waals surface area contributed by atoms with Crippen molar-refractivity contribution in [3.63, 3.8) is 0 Å². The Morgan fingerprint density at radius 2 is 2.29 bits per heavy atom. The summed E-state index contributed by atoms with van der Waals surface area (Å²) < 4.78 is 4.90. The molecule has 0 aliphatic heterocycles. The molecule has 0 amide bonds. The molecule has 0 saturated heterocycles. The van der Waals surface area contributed by atoms with Crippen LogP contribution in [0.15, 0.2) is 23.1 Å². The molecule has 0 saturated carbocycles. The lowest BCUT2D eigenvalue weighted by Gasteiger charge is -2.07. The molecule has 0 bridgehead atoms. The number of hydrogen-bond donors (Lipinski definition) is 1. The highest BCUT2D eigenvalue weighted by atomic mass is 32.2. The molecule has 0 aliphatic carbocycles. The van der Waals surface area contributed by atoms with Crippen LogP contribution in [0.3, 0.4) is 0 Å². The predicted octanol–water partition coefficient (Wildman–Crippen LogP) is 2.39. The maximum Gasteiger partial charge on any atom is 0.283 e. The first-order chi connectivity index (χ1) is 8.06. The first-order valence-electron chi connectivity index (χ1n) is 5.14. The van der Waals surface area contributed by atoms with Crippen LogP contribution in [0.4, 0.5) is 5.69 Å². The summed E-state index contributed by atoms with van der Waals surface area (Å²) in [5, 5.41) is 20.3. The van der Waals surface area contributed by atoms with Crippen molar-refractivity contribution in [1.82, 2.24) is 0 Å². The molecule has 1 aromatic rings. The second kappa shape index (κ2) is 6.58. The highest BCUT2D eigenvalue weighted by Crippen LogP contribution is 2.31. The summed E-state index contributed by atoms with van der Waals surface area (Å²) in [6.07, 6.45) is -0.702. The van der Waals surface area contributed by atoms with Gasteiger partial charge in [0.25, 0.3) is 5.69 Å². The predicted molar refractivity (Wildman–Crippen MR) is 66.3 cm³/mol. The number of rotatable bonds is 6. The fourth-order valence-corrected chi connectivity index (χ4v) is 2.21. The monoisotopic (exact) mass is 257 g/mol. The molecule has 1 aromatic carbocycles. The van der Waals surface area contributed by atoms with Crippen LogP contribution in [-0.2, 0) is 4.74 Å². The Bertz CT molecular complexity index is 395. The number of nitrogens with zero attached hydrogens (tertiary/aromatic N) is 1. The molecule has 1 N–H and O–H groups in total. The molecular formula is C11H15NO4S. The lowest BCUT2D eigenvalue weighted by atomic mass is 10.1. The highest BCUT2D eigenvalue weighted by molar-refractivity contribution is 7.99. The van der Waals surface area contributed by atoms with E-state index in [2.05, 4.69) is 0 Å². The molecule has 94 valence electrons. The zero-order valence-electron chi connectivity index (χ0n) is 9.75. The van der Waals surface area contributed by atoms with Gasteiger partial charge in [-0.1, -0.05) is 6.07 Å². The van der Waals surface area contributed by atoms with E-state index in [1.165, 1.54) is 17.8 Å². The fraction of sp³-hybridized carbons (Fsp3) is 0.455. The van der Waals surface area contributed by atoms with E-state index in [4.69, 9.17) is 4.74 Å². The Kier molecular flexibility index (Phi) is 5.40. The molecule has 5 nitrogen and oxygen atoms in total. The number of nitro groups is 1. The molecule has 0 heterocycles. The van der Waals surface area contributed by atoms with Crippen molar-refractivity contribution in [2.75, 3.05) is 19.5 Å². The molecular weight excluding hydrogens is 242 g/mol. The maximum absolute atomic E-state index is 10.9. The first kappa shape index (κ1) is 14.0. The number of aliphatic hydroxyl groups is 1. The Morgan fingerprint density at radius 3 is 2.82 bits per heavy atom. The van der Waals surface area contributed by atoms with Crippen LogP contribution in [0.1, 0.15) is 18.6 Å². The fourth-order valence-electron chi connectivity index (χ4n) is 1.29. The van der Waals surface area contributed by atoms with Gasteiger partial charge in [0.1, 0.15) is 0 Å². The third-order valence-corrected chi connectivity index (χ3v) is 3.23. The molecule has 0 aliphatic rings. The van der Waals surface area contributed by atoms with Crippen molar-refractivity contribution in [2.45, 2.75) is 17.9 Å². The first-order valence-corrected chi connectivity index (χ1v) is 6.13. The van der Waals surface area contributed by atoms with E-state index >= 15 is 0 Å². The molecule has 17 heavy (non-hydrogen) atoms. The van der Waals surface area contributed by atoms with Gasteiger partial charge in [0.15, 0.2) is 0 Å². The third kappa shape index (κ3) is 3.99. The molecule has 0 fully saturated rings. The molecule has 0 radical (unpaired) electrons. The van der Waals surface area contributed by atoms with Crippen molar-refractivity contribution in [3.8, 4) is 0 Å². The minimum atomic E-state index is -0.702. The number of hydrogen-bond acceptors (Lipinski definition) is 5. The molecule has 0 aromatic heterocycles. The van der Waals surface area contributed by atoms with E-state index in [0.29, 0.717) is 22.8 Å². The number of aliphatic hydroxyl groups excluding tert-OH is 1. The van der Waals surface area contributed by atoms with E-state index in [-0.39, 0.29) is 5.69 Å². The van der Waals surface area contributed by atoms with Gasteiger partial charge < -0.3 is 9.84 Å². The average Bonchev–Trinajstić information content (AvgIpc) is 2.29. The van der Waals surface area contributed by atoms with Crippen LogP contribution < -0.4 is 0 Å². The van der Waals surface area contributed by atoms with E-state index in [1.807, 2.05) is 0 Å². The maximum atomic E-state index is 10.9. The van der Waals surface area contributed by atoms with Gasteiger partial charge in [-0.05, 0) is 18.6 Å². The van der Waals surface area contributed by atoms with Gasteiger partial charge in [-0.15, -0.1) is 11.8 Å². The largest absolute Gasteiger partial charge is 0.389 e. The van der Waals surface area contributed by atoms with E-state index in [0.717, 1.165) is 0 Å². The molecule has 6 heteroatoms. The van der Waals surface area contributed by atoms with Crippen molar-refractivity contribution >= 4 is 17.4 Å². The van der Waals surface area contributed by atoms with Crippen molar-refractivity contribution < 1.29 is 14.8 Å². The standard InChI is InChI=1S/C11H15NO4S/c1-8(13)9-3-4-11(17-6-5-16-2)10(7-9)12(14)15/h3-4,7-8,13H,5-6H2,1-2H3/t8-/m1/s1. The Balaban J connectivity index is 2.92. The van der Waals surface area contributed by atoms with Gasteiger partial charge >= 0.3 is 0 Å². The Labute approximate surface area is 104 Å². The molecule has 1 rings (SSSR count). The number of methoxy groups -OCH3 is 1. The quantitative estimate of drug-likeness (QED) is 0.366. The number of nitro benzene ring substituents is 1. The Morgan fingerprint density at radius 1 is 1.59 bits per heavy atom. The summed E-state index contributed by atoms with van der Waals surface area (Å²) in [5.74, 6) is 0.658. The van der Waals surface area contributed by atoms with E-state index < -0.39 is 11.0 Å².